The van der Waals surface area contributed by atoms with E-state index >= 15 is 0 Å². The summed E-state index contributed by atoms with van der Waals surface area (Å²) >= 11 is 5.54. The lowest BCUT2D eigenvalue weighted by atomic mass is 10.3. The third-order valence-corrected chi connectivity index (χ3v) is 1.45. The lowest BCUT2D eigenvalue weighted by Crippen LogP contribution is -1.93. The number of hydrogen-bond acceptors (Lipinski definition) is 3. The summed E-state index contributed by atoms with van der Waals surface area (Å²) in [4.78, 5) is 24.0. The van der Waals surface area contributed by atoms with Gasteiger partial charge in [0.2, 0.25) is 0 Å². The van der Waals surface area contributed by atoms with Crippen molar-refractivity contribution in [2.75, 3.05) is 0 Å². The number of nitrogens with zero attached hydrogens (tertiary/aromatic N) is 1. The summed E-state index contributed by atoms with van der Waals surface area (Å²) in [5, 5.41) is 0.255. The van der Waals surface area contributed by atoms with Crippen molar-refractivity contribution in [1.82, 2.24) is 4.98 Å². The second-order valence-electron chi connectivity index (χ2n) is 1.84. The molecule has 0 saturated carbocycles. The Hall–Kier alpha value is -1.22. The van der Waals surface area contributed by atoms with Crippen LogP contribution in [0.25, 0.3) is 0 Å². The van der Waals surface area contributed by atoms with Crippen LogP contribution < -0.4 is 0 Å². The van der Waals surface area contributed by atoms with E-state index in [9.17, 15) is 9.59 Å². The molecule has 0 aromatic carbocycles. The molecular formula is C7H4ClNO2. The van der Waals surface area contributed by atoms with Gasteiger partial charge in [-0.05, 0) is 12.1 Å². The Morgan fingerprint density at radius 3 is 2.55 bits per heavy atom. The highest BCUT2D eigenvalue weighted by Crippen LogP contribution is 2.10. The predicted molar refractivity (Wildman–Crippen MR) is 40.0 cm³/mol. The van der Waals surface area contributed by atoms with Gasteiger partial charge in [0.15, 0.2) is 12.6 Å². The van der Waals surface area contributed by atoms with Crippen molar-refractivity contribution < 1.29 is 9.59 Å². The number of hydrogen-bond donors (Lipinski definition) is 0. The molecule has 0 fully saturated rings. The first-order valence-electron chi connectivity index (χ1n) is 2.85. The average Bonchev–Trinajstić information content (AvgIpc) is 2.05. The molecule has 0 aliphatic heterocycles. The molecule has 3 nitrogen and oxygen atoms in total. The Balaban J connectivity index is 3.22. The highest BCUT2D eigenvalue weighted by Gasteiger charge is 2.00. The van der Waals surface area contributed by atoms with Crippen LogP contribution in [0.5, 0.6) is 0 Å². The summed E-state index contributed by atoms with van der Waals surface area (Å²) < 4.78 is 0. The van der Waals surface area contributed by atoms with Gasteiger partial charge in [-0.1, -0.05) is 11.6 Å². The van der Waals surface area contributed by atoms with E-state index < -0.39 is 0 Å². The quantitative estimate of drug-likeness (QED) is 0.628. The summed E-state index contributed by atoms with van der Waals surface area (Å²) in [6.45, 7) is 0. The maximum Gasteiger partial charge on any atom is 0.169 e. The van der Waals surface area contributed by atoms with Gasteiger partial charge in [0.25, 0.3) is 0 Å². The van der Waals surface area contributed by atoms with Gasteiger partial charge in [-0.2, -0.15) is 0 Å². The molecule has 0 aliphatic carbocycles. The molecule has 1 aromatic heterocycles. The highest BCUT2D eigenvalue weighted by molar-refractivity contribution is 6.32. The molecule has 4 heteroatoms. The van der Waals surface area contributed by atoms with Crippen molar-refractivity contribution in [2.45, 2.75) is 0 Å². The molecule has 11 heavy (non-hydrogen) atoms. The first kappa shape index (κ1) is 7.88. The fraction of sp³-hybridized carbons (Fsp3) is 0. The standard InChI is InChI=1S/C7H4ClNO2/c8-6-2-1-5(3-10)9-7(6)4-11/h1-4H. The zero-order valence-electron chi connectivity index (χ0n) is 5.45. The Labute approximate surface area is 68.0 Å². The van der Waals surface area contributed by atoms with Gasteiger partial charge >= 0.3 is 0 Å². The molecule has 0 bridgehead atoms. The Morgan fingerprint density at radius 1 is 1.27 bits per heavy atom. The first-order chi connectivity index (χ1) is 5.27. The van der Waals surface area contributed by atoms with Crippen LogP contribution in [0.2, 0.25) is 5.02 Å². The Bertz CT molecular complexity index is 298. The number of carbonyl (C=O) groups excluding carboxylic acids is 2. The van der Waals surface area contributed by atoms with Crippen LogP contribution in [0.4, 0.5) is 0 Å². The van der Waals surface area contributed by atoms with E-state index in [1.54, 1.807) is 0 Å². The largest absolute Gasteiger partial charge is 0.296 e. The smallest absolute Gasteiger partial charge is 0.169 e. The molecule has 1 aromatic rings. The minimum atomic E-state index is 0.0938. The molecule has 56 valence electrons. The van der Waals surface area contributed by atoms with Gasteiger partial charge < -0.3 is 0 Å². The third-order valence-electron chi connectivity index (χ3n) is 1.13. The van der Waals surface area contributed by atoms with E-state index in [2.05, 4.69) is 4.98 Å². The van der Waals surface area contributed by atoms with Crippen LogP contribution in [0.3, 0.4) is 0 Å². The van der Waals surface area contributed by atoms with E-state index in [0.29, 0.717) is 12.6 Å². The van der Waals surface area contributed by atoms with Crippen molar-refractivity contribution >= 4 is 24.2 Å². The molecule has 1 heterocycles. The van der Waals surface area contributed by atoms with Crippen LogP contribution in [0.1, 0.15) is 21.0 Å². The summed E-state index contributed by atoms with van der Waals surface area (Å²) in [7, 11) is 0. The predicted octanol–water partition coefficient (Wildman–Crippen LogP) is 1.36. The van der Waals surface area contributed by atoms with E-state index in [1.807, 2.05) is 0 Å². The van der Waals surface area contributed by atoms with Crippen LogP contribution in [0, 0.1) is 0 Å². The second-order valence-corrected chi connectivity index (χ2v) is 2.25. The zero-order valence-corrected chi connectivity index (χ0v) is 6.21. The van der Waals surface area contributed by atoms with Crippen LogP contribution >= 0.6 is 11.6 Å². The lowest BCUT2D eigenvalue weighted by molar-refractivity contribution is 0.111. The number of aromatic nitrogens is 1. The molecule has 0 radical (unpaired) electrons. The molecule has 0 atom stereocenters. The maximum atomic E-state index is 10.2. The van der Waals surface area contributed by atoms with E-state index in [1.165, 1.54) is 12.1 Å². The van der Waals surface area contributed by atoms with Gasteiger partial charge in [-0.25, -0.2) is 4.98 Å². The SMILES string of the molecule is O=Cc1ccc(Cl)c(C=O)n1. The molecular weight excluding hydrogens is 166 g/mol. The molecule has 0 N–H and O–H groups in total. The first-order valence-corrected chi connectivity index (χ1v) is 3.22. The highest BCUT2D eigenvalue weighted by atomic mass is 35.5. The molecule has 0 amide bonds. The van der Waals surface area contributed by atoms with Gasteiger partial charge in [0.1, 0.15) is 11.4 Å². The van der Waals surface area contributed by atoms with Crippen molar-refractivity contribution in [2.24, 2.45) is 0 Å². The average molecular weight is 170 g/mol. The lowest BCUT2D eigenvalue weighted by Gasteiger charge is -1.93. The topological polar surface area (TPSA) is 47.0 Å². The number of pyridine rings is 1. The monoisotopic (exact) mass is 169 g/mol. The van der Waals surface area contributed by atoms with Crippen molar-refractivity contribution in [3.05, 3.63) is 28.5 Å². The van der Waals surface area contributed by atoms with E-state index in [4.69, 9.17) is 11.6 Å². The fourth-order valence-corrected chi connectivity index (χ4v) is 0.772. The fourth-order valence-electron chi connectivity index (χ4n) is 0.622. The number of halogens is 1. The van der Waals surface area contributed by atoms with Gasteiger partial charge in [-0.15, -0.1) is 0 Å². The Morgan fingerprint density at radius 2 is 2.00 bits per heavy atom. The molecule has 0 aliphatic rings. The maximum absolute atomic E-state index is 10.2. The molecule has 0 spiro atoms. The van der Waals surface area contributed by atoms with Gasteiger partial charge in [0, 0.05) is 0 Å². The molecule has 0 saturated heterocycles. The number of rotatable bonds is 2. The molecule has 0 unspecified atom stereocenters. The normalized spacial score (nSPS) is 9.18. The van der Waals surface area contributed by atoms with Crippen molar-refractivity contribution in [3.8, 4) is 0 Å². The summed E-state index contributed by atoms with van der Waals surface area (Å²) in [6, 6.07) is 2.91. The van der Waals surface area contributed by atoms with Gasteiger partial charge in [0.05, 0.1) is 5.02 Å². The second kappa shape index (κ2) is 3.25. The van der Waals surface area contributed by atoms with Crippen LogP contribution in [-0.4, -0.2) is 17.6 Å². The minimum absolute atomic E-state index is 0.0938. The Kier molecular flexibility index (Phi) is 2.33. The van der Waals surface area contributed by atoms with Crippen molar-refractivity contribution in [3.63, 3.8) is 0 Å². The number of carbonyl (C=O) groups is 2. The summed E-state index contributed by atoms with van der Waals surface area (Å²) in [5.41, 5.74) is 0.299. The van der Waals surface area contributed by atoms with Gasteiger partial charge in [-0.3, -0.25) is 9.59 Å². The van der Waals surface area contributed by atoms with Crippen molar-refractivity contribution in [1.29, 1.82) is 0 Å². The van der Waals surface area contributed by atoms with E-state index in [0.717, 1.165) is 0 Å². The van der Waals surface area contributed by atoms with Crippen LogP contribution in [0.15, 0.2) is 12.1 Å². The summed E-state index contributed by atoms with van der Waals surface area (Å²) in [5.74, 6) is 0. The third kappa shape index (κ3) is 1.62. The minimum Gasteiger partial charge on any atom is -0.296 e. The summed E-state index contributed by atoms with van der Waals surface area (Å²) in [6.07, 6.45) is 1.07. The van der Waals surface area contributed by atoms with E-state index in [-0.39, 0.29) is 16.4 Å². The number of aldehydes is 2. The molecule has 1 rings (SSSR count). The van der Waals surface area contributed by atoms with Crippen LogP contribution in [-0.2, 0) is 0 Å². The zero-order chi connectivity index (χ0) is 8.27.